The summed E-state index contributed by atoms with van der Waals surface area (Å²) >= 11 is 2.15. The number of aliphatic hydroxyl groups is 1. The Hall–Kier alpha value is -0.330. The first-order valence-corrected chi connectivity index (χ1v) is 7.88. The van der Waals surface area contributed by atoms with Crippen molar-refractivity contribution in [2.45, 2.75) is 32.6 Å². The van der Waals surface area contributed by atoms with E-state index in [9.17, 15) is 5.11 Å². The van der Waals surface area contributed by atoms with Crippen molar-refractivity contribution >= 4 is 22.6 Å². The summed E-state index contributed by atoms with van der Waals surface area (Å²) in [7, 11) is 0. The SMILES string of the molecule is CC(C)Oc1ccc2c(c1)C(O)CNC2.CI. The van der Waals surface area contributed by atoms with Crippen LogP contribution in [0.25, 0.3) is 0 Å². The first-order valence-electron chi connectivity index (χ1n) is 5.73. The molecule has 17 heavy (non-hydrogen) atoms. The zero-order valence-electron chi connectivity index (χ0n) is 10.5. The summed E-state index contributed by atoms with van der Waals surface area (Å²) in [6, 6.07) is 5.92. The van der Waals surface area contributed by atoms with Crippen molar-refractivity contribution in [2.75, 3.05) is 11.5 Å². The van der Waals surface area contributed by atoms with Gasteiger partial charge in [-0.05, 0) is 42.0 Å². The normalized spacial score (nSPS) is 18.1. The van der Waals surface area contributed by atoms with Crippen molar-refractivity contribution in [3.63, 3.8) is 0 Å². The number of rotatable bonds is 2. The third-order valence-corrected chi connectivity index (χ3v) is 2.50. The molecular formula is C13H20INO2. The van der Waals surface area contributed by atoms with E-state index in [2.05, 4.69) is 27.9 Å². The Bertz CT molecular complexity index is 355. The van der Waals surface area contributed by atoms with Crippen molar-refractivity contribution in [3.8, 4) is 5.75 Å². The first-order chi connectivity index (χ1) is 8.16. The molecule has 1 aromatic rings. The molecule has 1 aliphatic heterocycles. The number of fused-ring (bicyclic) bond motifs is 1. The third-order valence-electron chi connectivity index (χ3n) is 2.50. The van der Waals surface area contributed by atoms with Crippen LogP contribution in [0.1, 0.15) is 31.1 Å². The molecule has 4 heteroatoms. The van der Waals surface area contributed by atoms with Gasteiger partial charge in [0.1, 0.15) is 5.75 Å². The lowest BCUT2D eigenvalue weighted by atomic mass is 9.98. The monoisotopic (exact) mass is 349 g/mol. The Balaban J connectivity index is 0.000000686. The van der Waals surface area contributed by atoms with Gasteiger partial charge in [-0.1, -0.05) is 28.7 Å². The number of nitrogens with one attached hydrogen (secondary N) is 1. The van der Waals surface area contributed by atoms with E-state index < -0.39 is 6.10 Å². The fourth-order valence-corrected chi connectivity index (χ4v) is 1.84. The highest BCUT2D eigenvalue weighted by Crippen LogP contribution is 2.26. The van der Waals surface area contributed by atoms with Gasteiger partial charge >= 0.3 is 0 Å². The van der Waals surface area contributed by atoms with Gasteiger partial charge in [-0.15, -0.1) is 0 Å². The molecule has 1 heterocycles. The van der Waals surface area contributed by atoms with Crippen molar-refractivity contribution < 1.29 is 9.84 Å². The topological polar surface area (TPSA) is 41.5 Å². The van der Waals surface area contributed by atoms with E-state index in [1.165, 1.54) is 0 Å². The van der Waals surface area contributed by atoms with Crippen molar-refractivity contribution in [1.29, 1.82) is 0 Å². The Morgan fingerprint density at radius 1 is 1.41 bits per heavy atom. The van der Waals surface area contributed by atoms with E-state index in [0.29, 0.717) is 6.54 Å². The minimum atomic E-state index is -0.413. The number of alkyl halides is 1. The summed E-state index contributed by atoms with van der Waals surface area (Å²) in [5.74, 6) is 0.838. The highest BCUT2D eigenvalue weighted by molar-refractivity contribution is 14.1. The van der Waals surface area contributed by atoms with Crippen LogP contribution in [-0.2, 0) is 6.54 Å². The fourth-order valence-electron chi connectivity index (χ4n) is 1.84. The average molecular weight is 349 g/mol. The summed E-state index contributed by atoms with van der Waals surface area (Å²) in [6.07, 6.45) is -0.244. The molecule has 2 N–H and O–H groups in total. The Morgan fingerprint density at radius 2 is 2.12 bits per heavy atom. The predicted molar refractivity (Wildman–Crippen MR) is 78.8 cm³/mol. The van der Waals surface area contributed by atoms with Crippen LogP contribution in [0.15, 0.2) is 18.2 Å². The number of hydrogen-bond acceptors (Lipinski definition) is 3. The molecule has 0 bridgehead atoms. The molecule has 1 atom stereocenters. The molecule has 0 aliphatic carbocycles. The van der Waals surface area contributed by atoms with E-state index in [0.717, 1.165) is 23.4 Å². The summed E-state index contributed by atoms with van der Waals surface area (Å²) in [4.78, 5) is 1.97. The molecule has 0 fully saturated rings. The molecule has 1 aliphatic rings. The summed E-state index contributed by atoms with van der Waals surface area (Å²) in [6.45, 7) is 5.45. The van der Waals surface area contributed by atoms with Gasteiger partial charge < -0.3 is 15.2 Å². The fraction of sp³-hybridized carbons (Fsp3) is 0.538. The number of ether oxygens (including phenoxy) is 1. The smallest absolute Gasteiger partial charge is 0.120 e. The third kappa shape index (κ3) is 4.12. The van der Waals surface area contributed by atoms with Crippen molar-refractivity contribution in [2.24, 2.45) is 0 Å². The number of benzene rings is 1. The summed E-state index contributed by atoms with van der Waals surface area (Å²) < 4.78 is 5.60. The van der Waals surface area contributed by atoms with E-state index >= 15 is 0 Å². The summed E-state index contributed by atoms with van der Waals surface area (Å²) in [5, 5.41) is 13.0. The van der Waals surface area contributed by atoms with Gasteiger partial charge in [0.25, 0.3) is 0 Å². The van der Waals surface area contributed by atoms with Crippen LogP contribution < -0.4 is 10.1 Å². The molecule has 96 valence electrons. The standard InChI is InChI=1S/C12H17NO2.CH3I/c1-8(2)15-10-4-3-9-6-13-7-12(14)11(9)5-10;1-2/h3-5,8,12-14H,6-7H2,1-2H3;1H3. The molecule has 0 aromatic heterocycles. The lowest BCUT2D eigenvalue weighted by Gasteiger charge is -2.23. The molecule has 0 saturated carbocycles. The van der Waals surface area contributed by atoms with Gasteiger partial charge in [0.15, 0.2) is 0 Å². The van der Waals surface area contributed by atoms with Gasteiger partial charge in [0, 0.05) is 13.1 Å². The molecule has 0 spiro atoms. The van der Waals surface area contributed by atoms with E-state index in [1.807, 2.05) is 37.0 Å². The first kappa shape index (κ1) is 14.7. The van der Waals surface area contributed by atoms with Crippen LogP contribution in [-0.4, -0.2) is 22.7 Å². The number of halogens is 1. The highest BCUT2D eigenvalue weighted by Gasteiger charge is 2.17. The maximum atomic E-state index is 9.80. The van der Waals surface area contributed by atoms with Crippen LogP contribution in [0.3, 0.4) is 0 Å². The minimum absolute atomic E-state index is 0.168. The lowest BCUT2D eigenvalue weighted by molar-refractivity contribution is 0.164. The molecule has 1 unspecified atom stereocenters. The molecule has 1 aromatic carbocycles. The van der Waals surface area contributed by atoms with Crippen LogP contribution in [0.2, 0.25) is 0 Å². The molecule has 0 saturated heterocycles. The molecule has 0 radical (unpaired) electrons. The molecular weight excluding hydrogens is 329 g/mol. The summed E-state index contributed by atoms with van der Waals surface area (Å²) in [5.41, 5.74) is 2.15. The second-order valence-electron chi connectivity index (χ2n) is 4.17. The van der Waals surface area contributed by atoms with Crippen LogP contribution in [0, 0.1) is 0 Å². The Morgan fingerprint density at radius 3 is 2.76 bits per heavy atom. The van der Waals surface area contributed by atoms with Crippen molar-refractivity contribution in [1.82, 2.24) is 5.32 Å². The number of hydrogen-bond donors (Lipinski definition) is 2. The van der Waals surface area contributed by atoms with E-state index in [1.54, 1.807) is 0 Å². The second kappa shape index (κ2) is 7.18. The Labute approximate surface area is 117 Å². The largest absolute Gasteiger partial charge is 0.491 e. The van der Waals surface area contributed by atoms with E-state index in [4.69, 9.17) is 4.74 Å². The van der Waals surface area contributed by atoms with Gasteiger partial charge in [0.2, 0.25) is 0 Å². The van der Waals surface area contributed by atoms with Gasteiger partial charge in [-0.3, -0.25) is 0 Å². The minimum Gasteiger partial charge on any atom is -0.491 e. The zero-order chi connectivity index (χ0) is 12.8. The maximum absolute atomic E-state index is 9.80. The molecule has 3 nitrogen and oxygen atoms in total. The molecule has 0 amide bonds. The average Bonchev–Trinajstić information content (AvgIpc) is 2.32. The number of β-amino-alcohol motifs (C(OH)–C–C–N with tert-alkyl or cyclic N) is 1. The number of aliphatic hydroxyl groups excluding tert-OH is 1. The van der Waals surface area contributed by atoms with Crippen molar-refractivity contribution in [3.05, 3.63) is 29.3 Å². The van der Waals surface area contributed by atoms with Crippen LogP contribution in [0.4, 0.5) is 0 Å². The van der Waals surface area contributed by atoms with Crippen LogP contribution >= 0.6 is 22.6 Å². The maximum Gasteiger partial charge on any atom is 0.120 e. The molecule has 2 rings (SSSR count). The van der Waals surface area contributed by atoms with E-state index in [-0.39, 0.29) is 6.10 Å². The highest BCUT2D eigenvalue weighted by atomic mass is 127. The Kier molecular flexibility index (Phi) is 6.22. The van der Waals surface area contributed by atoms with Gasteiger partial charge in [0.05, 0.1) is 12.2 Å². The van der Waals surface area contributed by atoms with Gasteiger partial charge in [-0.2, -0.15) is 0 Å². The van der Waals surface area contributed by atoms with Crippen LogP contribution in [0.5, 0.6) is 5.75 Å². The van der Waals surface area contributed by atoms with Gasteiger partial charge in [-0.25, -0.2) is 0 Å². The second-order valence-corrected chi connectivity index (χ2v) is 4.17. The zero-order valence-corrected chi connectivity index (χ0v) is 12.7. The predicted octanol–water partition coefficient (Wildman–Crippen LogP) is 2.66. The lowest BCUT2D eigenvalue weighted by Crippen LogP contribution is -2.27. The quantitative estimate of drug-likeness (QED) is 0.637.